The highest BCUT2D eigenvalue weighted by Crippen LogP contribution is 2.28. The Labute approximate surface area is 126 Å². The van der Waals surface area contributed by atoms with Crippen molar-refractivity contribution in [3.8, 4) is 11.4 Å². The zero-order valence-corrected chi connectivity index (χ0v) is 12.1. The van der Waals surface area contributed by atoms with Crippen molar-refractivity contribution in [1.82, 2.24) is 15.1 Å². The van der Waals surface area contributed by atoms with Crippen LogP contribution in [0.3, 0.4) is 0 Å². The Morgan fingerprint density at radius 3 is 3.05 bits per heavy atom. The van der Waals surface area contributed by atoms with E-state index in [0.717, 1.165) is 29.3 Å². The number of aryl methyl sites for hydroxylation is 1. The summed E-state index contributed by atoms with van der Waals surface area (Å²) in [6.45, 7) is 2.69. The molecule has 22 heavy (non-hydrogen) atoms. The Bertz CT molecular complexity index is 891. The van der Waals surface area contributed by atoms with Crippen molar-refractivity contribution in [2.24, 2.45) is 0 Å². The third-order valence-electron chi connectivity index (χ3n) is 3.89. The van der Waals surface area contributed by atoms with Crippen molar-refractivity contribution >= 4 is 10.9 Å². The first-order valence-electron chi connectivity index (χ1n) is 7.30. The lowest BCUT2D eigenvalue weighted by Gasteiger charge is -2.02. The Morgan fingerprint density at radius 1 is 1.32 bits per heavy atom. The largest absolute Gasteiger partial charge is 0.368 e. The minimum Gasteiger partial charge on any atom is -0.368 e. The molecule has 3 aromatic rings. The number of fused-ring (bicyclic) bond motifs is 1. The summed E-state index contributed by atoms with van der Waals surface area (Å²) in [6, 6.07) is 7.69. The number of rotatable bonds is 2. The van der Waals surface area contributed by atoms with E-state index < -0.39 is 0 Å². The Morgan fingerprint density at radius 2 is 2.23 bits per heavy atom. The molecule has 1 atom stereocenters. The summed E-state index contributed by atoms with van der Waals surface area (Å²) in [5, 5.41) is 4.86. The summed E-state index contributed by atoms with van der Waals surface area (Å²) in [4.78, 5) is 19.5. The van der Waals surface area contributed by atoms with Gasteiger partial charge >= 0.3 is 0 Å². The summed E-state index contributed by atoms with van der Waals surface area (Å²) in [6.07, 6.45) is 1.70. The molecule has 1 N–H and O–H groups in total. The van der Waals surface area contributed by atoms with Crippen LogP contribution in [0.4, 0.5) is 0 Å². The summed E-state index contributed by atoms with van der Waals surface area (Å²) in [5.41, 5.74) is 2.08. The summed E-state index contributed by atoms with van der Waals surface area (Å²) in [7, 11) is 0. The molecule has 0 radical (unpaired) electrons. The fraction of sp³-hybridized carbons (Fsp3) is 0.312. The van der Waals surface area contributed by atoms with Crippen LogP contribution < -0.4 is 5.56 Å². The predicted molar refractivity (Wildman–Crippen MR) is 80.5 cm³/mol. The second-order valence-corrected chi connectivity index (χ2v) is 5.56. The van der Waals surface area contributed by atoms with Crippen LogP contribution in [-0.4, -0.2) is 21.7 Å². The van der Waals surface area contributed by atoms with Crippen LogP contribution in [0.1, 0.15) is 30.4 Å². The zero-order valence-electron chi connectivity index (χ0n) is 12.1. The summed E-state index contributed by atoms with van der Waals surface area (Å²) < 4.78 is 10.8. The van der Waals surface area contributed by atoms with E-state index in [4.69, 9.17) is 9.26 Å². The molecule has 0 unspecified atom stereocenters. The Balaban J connectivity index is 1.78. The van der Waals surface area contributed by atoms with E-state index in [9.17, 15) is 4.79 Å². The molecule has 3 heterocycles. The fourth-order valence-electron chi connectivity index (χ4n) is 2.73. The second-order valence-electron chi connectivity index (χ2n) is 5.56. The van der Waals surface area contributed by atoms with Gasteiger partial charge in [0.2, 0.25) is 5.82 Å². The van der Waals surface area contributed by atoms with E-state index in [1.54, 1.807) is 6.07 Å². The monoisotopic (exact) mass is 297 g/mol. The molecule has 1 aromatic carbocycles. The molecule has 1 aliphatic heterocycles. The quantitative estimate of drug-likeness (QED) is 0.786. The SMILES string of the molecule is Cc1ccc2cc(-c3noc([C@H]4CCCO4)n3)c(=O)[nH]c2c1. The molecule has 0 bridgehead atoms. The van der Waals surface area contributed by atoms with Crippen LogP contribution in [-0.2, 0) is 4.74 Å². The van der Waals surface area contributed by atoms with Crippen molar-refractivity contribution in [2.45, 2.75) is 25.9 Å². The van der Waals surface area contributed by atoms with Gasteiger partial charge in [-0.2, -0.15) is 4.98 Å². The van der Waals surface area contributed by atoms with Gasteiger partial charge in [-0.15, -0.1) is 0 Å². The molecule has 4 rings (SSSR count). The molecule has 2 aromatic heterocycles. The van der Waals surface area contributed by atoms with Crippen molar-refractivity contribution in [1.29, 1.82) is 0 Å². The molecular formula is C16H15N3O3. The van der Waals surface area contributed by atoms with Gasteiger partial charge in [-0.1, -0.05) is 17.3 Å². The lowest BCUT2D eigenvalue weighted by Crippen LogP contribution is -2.09. The van der Waals surface area contributed by atoms with Gasteiger partial charge in [-0.25, -0.2) is 0 Å². The number of nitrogens with zero attached hydrogens (tertiary/aromatic N) is 2. The minimum atomic E-state index is -0.224. The van der Waals surface area contributed by atoms with Crippen LogP contribution in [0.15, 0.2) is 33.6 Å². The number of hydrogen-bond donors (Lipinski definition) is 1. The van der Waals surface area contributed by atoms with Gasteiger partial charge in [0, 0.05) is 12.1 Å². The normalized spacial score (nSPS) is 18.1. The highest BCUT2D eigenvalue weighted by atomic mass is 16.5. The third kappa shape index (κ3) is 2.21. The third-order valence-corrected chi connectivity index (χ3v) is 3.89. The molecule has 0 amide bonds. The number of benzene rings is 1. The number of nitrogens with one attached hydrogen (secondary N) is 1. The minimum absolute atomic E-state index is 0.150. The van der Waals surface area contributed by atoms with Gasteiger partial charge in [0.1, 0.15) is 6.10 Å². The number of aromatic amines is 1. The zero-order chi connectivity index (χ0) is 15.1. The van der Waals surface area contributed by atoms with E-state index in [0.29, 0.717) is 23.9 Å². The molecule has 6 heteroatoms. The molecule has 0 spiro atoms. The van der Waals surface area contributed by atoms with Crippen molar-refractivity contribution in [3.05, 3.63) is 46.1 Å². The van der Waals surface area contributed by atoms with Crippen LogP contribution >= 0.6 is 0 Å². The van der Waals surface area contributed by atoms with Gasteiger partial charge in [0.05, 0.1) is 5.56 Å². The van der Waals surface area contributed by atoms with E-state index in [-0.39, 0.29) is 11.7 Å². The number of pyridine rings is 1. The fourth-order valence-corrected chi connectivity index (χ4v) is 2.73. The highest BCUT2D eigenvalue weighted by molar-refractivity contribution is 5.82. The average molecular weight is 297 g/mol. The smallest absolute Gasteiger partial charge is 0.259 e. The lowest BCUT2D eigenvalue weighted by molar-refractivity contribution is 0.0835. The molecule has 0 aliphatic carbocycles. The van der Waals surface area contributed by atoms with Crippen molar-refractivity contribution in [2.75, 3.05) is 6.61 Å². The number of H-pyrrole nitrogens is 1. The molecule has 1 aliphatic rings. The molecular weight excluding hydrogens is 282 g/mol. The van der Waals surface area contributed by atoms with E-state index in [2.05, 4.69) is 15.1 Å². The number of aromatic nitrogens is 3. The molecule has 112 valence electrons. The summed E-state index contributed by atoms with van der Waals surface area (Å²) >= 11 is 0. The molecule has 6 nitrogen and oxygen atoms in total. The van der Waals surface area contributed by atoms with Gasteiger partial charge in [0.25, 0.3) is 11.4 Å². The van der Waals surface area contributed by atoms with Gasteiger partial charge in [0.15, 0.2) is 0 Å². The molecule has 1 saturated heterocycles. The number of ether oxygens (including phenoxy) is 1. The van der Waals surface area contributed by atoms with Gasteiger partial charge in [-0.05, 0) is 42.8 Å². The van der Waals surface area contributed by atoms with Crippen LogP contribution in [0.2, 0.25) is 0 Å². The summed E-state index contributed by atoms with van der Waals surface area (Å²) in [5.74, 6) is 0.741. The van der Waals surface area contributed by atoms with Crippen LogP contribution in [0, 0.1) is 6.92 Å². The van der Waals surface area contributed by atoms with Gasteiger partial charge in [-0.3, -0.25) is 4.79 Å². The first-order chi connectivity index (χ1) is 10.7. The van der Waals surface area contributed by atoms with E-state index in [1.165, 1.54) is 0 Å². The van der Waals surface area contributed by atoms with E-state index in [1.807, 2.05) is 25.1 Å². The molecule has 0 saturated carbocycles. The highest BCUT2D eigenvalue weighted by Gasteiger charge is 2.24. The standard InChI is InChI=1S/C16H15N3O3/c1-9-4-5-10-8-11(15(20)17-12(10)7-9)14-18-16(22-19-14)13-3-2-6-21-13/h4-5,7-8,13H,2-3,6H2,1H3,(H,17,20)/t13-/m1/s1. The van der Waals surface area contributed by atoms with Crippen molar-refractivity contribution < 1.29 is 9.26 Å². The van der Waals surface area contributed by atoms with Crippen molar-refractivity contribution in [3.63, 3.8) is 0 Å². The van der Waals surface area contributed by atoms with Gasteiger partial charge < -0.3 is 14.2 Å². The Hall–Kier alpha value is -2.47. The van der Waals surface area contributed by atoms with E-state index >= 15 is 0 Å². The Kier molecular flexibility index (Phi) is 3.04. The average Bonchev–Trinajstić information content (AvgIpc) is 3.17. The second kappa shape index (κ2) is 5.06. The number of hydrogen-bond acceptors (Lipinski definition) is 5. The maximum Gasteiger partial charge on any atom is 0.259 e. The lowest BCUT2D eigenvalue weighted by atomic mass is 10.1. The van der Waals surface area contributed by atoms with Crippen LogP contribution in [0.25, 0.3) is 22.3 Å². The topological polar surface area (TPSA) is 81.0 Å². The first-order valence-corrected chi connectivity index (χ1v) is 7.30. The van der Waals surface area contributed by atoms with Crippen LogP contribution in [0.5, 0.6) is 0 Å². The predicted octanol–water partition coefficient (Wildman–Crippen LogP) is 2.74. The maximum atomic E-state index is 12.3. The maximum absolute atomic E-state index is 12.3. The first kappa shape index (κ1) is 13.2. The molecule has 1 fully saturated rings.